The van der Waals surface area contributed by atoms with Gasteiger partial charge in [0.25, 0.3) is 0 Å². The lowest BCUT2D eigenvalue weighted by Gasteiger charge is -1.91. The molecule has 1 aromatic heterocycles. The molecule has 0 aliphatic rings. The summed E-state index contributed by atoms with van der Waals surface area (Å²) in [6.45, 7) is 0. The summed E-state index contributed by atoms with van der Waals surface area (Å²) in [6, 6.07) is 3.45. The predicted molar refractivity (Wildman–Crippen MR) is 49.0 cm³/mol. The van der Waals surface area contributed by atoms with Crippen molar-refractivity contribution in [2.75, 3.05) is 0 Å². The Kier molecular flexibility index (Phi) is 3.48. The third-order valence-electron chi connectivity index (χ3n) is 1.26. The summed E-state index contributed by atoms with van der Waals surface area (Å²) in [6.07, 6.45) is 6.38. The first-order chi connectivity index (χ1) is 5.83. The summed E-state index contributed by atoms with van der Waals surface area (Å²) in [4.78, 5) is 14.0. The van der Waals surface area contributed by atoms with Gasteiger partial charge in [-0.25, -0.2) is 0 Å². The van der Waals surface area contributed by atoms with Crippen LogP contribution >= 0.6 is 11.6 Å². The van der Waals surface area contributed by atoms with Gasteiger partial charge in [0.2, 0.25) is 0 Å². The van der Waals surface area contributed by atoms with Crippen molar-refractivity contribution >= 4 is 24.0 Å². The van der Waals surface area contributed by atoms with Crippen LogP contribution in [-0.4, -0.2) is 11.3 Å². The summed E-state index contributed by atoms with van der Waals surface area (Å²) < 4.78 is 0. The van der Waals surface area contributed by atoms with Crippen LogP contribution in [0.4, 0.5) is 0 Å². The van der Waals surface area contributed by atoms with Gasteiger partial charge in [-0.15, -0.1) is 0 Å². The normalized spacial score (nSPS) is 10.4. The Labute approximate surface area is 75.9 Å². The Morgan fingerprint density at radius 3 is 3.08 bits per heavy atom. The van der Waals surface area contributed by atoms with E-state index in [-0.39, 0.29) is 0 Å². The minimum atomic E-state index is 0.411. The van der Waals surface area contributed by atoms with Crippen molar-refractivity contribution in [1.82, 2.24) is 4.98 Å². The van der Waals surface area contributed by atoms with Crippen LogP contribution in [0.2, 0.25) is 5.02 Å². The molecule has 0 saturated carbocycles. The quantitative estimate of drug-likeness (QED) is 0.670. The molecule has 1 heterocycles. The molecule has 0 bridgehead atoms. The molecular formula is C9H8ClNO. The lowest BCUT2D eigenvalue weighted by atomic mass is 10.3. The number of hydrogen-bond acceptors (Lipinski definition) is 2. The first-order valence-electron chi connectivity index (χ1n) is 3.54. The molecule has 0 N–H and O–H groups in total. The van der Waals surface area contributed by atoms with E-state index in [0.29, 0.717) is 11.4 Å². The molecular weight excluding hydrogens is 174 g/mol. The molecule has 0 unspecified atom stereocenters. The molecule has 62 valence electrons. The number of pyridine rings is 1. The van der Waals surface area contributed by atoms with Crippen LogP contribution in [-0.2, 0) is 4.79 Å². The van der Waals surface area contributed by atoms with E-state index in [1.807, 2.05) is 0 Å². The molecule has 0 spiro atoms. The lowest BCUT2D eigenvalue weighted by Crippen LogP contribution is -1.78. The molecule has 12 heavy (non-hydrogen) atoms. The highest BCUT2D eigenvalue weighted by molar-refractivity contribution is 6.30. The molecule has 0 fully saturated rings. The lowest BCUT2D eigenvalue weighted by molar-refractivity contribution is -0.107. The maximum atomic E-state index is 9.96. The van der Waals surface area contributed by atoms with E-state index in [1.54, 1.807) is 30.5 Å². The second-order valence-corrected chi connectivity index (χ2v) is 2.64. The van der Waals surface area contributed by atoms with Crippen molar-refractivity contribution in [3.63, 3.8) is 0 Å². The van der Waals surface area contributed by atoms with E-state index in [4.69, 9.17) is 11.6 Å². The van der Waals surface area contributed by atoms with Crippen molar-refractivity contribution in [2.45, 2.75) is 6.42 Å². The standard InChI is InChI=1S/C9H8ClNO/c10-8-4-5-11-9(7-8)3-1-2-6-12/h1,3-7H,2H2. The molecule has 0 amide bonds. The molecule has 3 heteroatoms. The minimum Gasteiger partial charge on any atom is -0.303 e. The maximum Gasteiger partial charge on any atom is 0.123 e. The van der Waals surface area contributed by atoms with Gasteiger partial charge in [0.1, 0.15) is 6.29 Å². The van der Waals surface area contributed by atoms with Crippen LogP contribution in [0.25, 0.3) is 6.08 Å². The van der Waals surface area contributed by atoms with Gasteiger partial charge in [-0.2, -0.15) is 0 Å². The molecule has 0 aliphatic carbocycles. The molecule has 1 rings (SSSR count). The number of rotatable bonds is 3. The van der Waals surface area contributed by atoms with E-state index in [2.05, 4.69) is 4.98 Å². The number of aldehydes is 1. The zero-order valence-electron chi connectivity index (χ0n) is 6.40. The third kappa shape index (κ3) is 2.84. The number of carbonyl (C=O) groups is 1. The highest BCUT2D eigenvalue weighted by Gasteiger charge is 1.88. The van der Waals surface area contributed by atoms with Gasteiger partial charge in [0.05, 0.1) is 5.69 Å². The molecule has 2 nitrogen and oxygen atoms in total. The highest BCUT2D eigenvalue weighted by Crippen LogP contribution is 2.08. The summed E-state index contributed by atoms with van der Waals surface area (Å²) >= 11 is 5.71. The smallest absolute Gasteiger partial charge is 0.123 e. The fraction of sp³-hybridized carbons (Fsp3) is 0.111. The van der Waals surface area contributed by atoms with Crippen LogP contribution < -0.4 is 0 Å². The third-order valence-corrected chi connectivity index (χ3v) is 1.50. The Balaban J connectivity index is 2.69. The van der Waals surface area contributed by atoms with E-state index < -0.39 is 0 Å². The summed E-state index contributed by atoms with van der Waals surface area (Å²) in [5, 5.41) is 0.649. The Bertz CT molecular complexity index is 296. The number of carbonyl (C=O) groups excluding carboxylic acids is 1. The number of halogens is 1. The van der Waals surface area contributed by atoms with Crippen LogP contribution in [0.15, 0.2) is 24.4 Å². The summed E-state index contributed by atoms with van der Waals surface area (Å²) in [7, 11) is 0. The van der Waals surface area contributed by atoms with E-state index in [1.165, 1.54) is 0 Å². The van der Waals surface area contributed by atoms with Crippen molar-refractivity contribution in [1.29, 1.82) is 0 Å². The van der Waals surface area contributed by atoms with Gasteiger partial charge in [-0.1, -0.05) is 17.7 Å². The average molecular weight is 182 g/mol. The van der Waals surface area contributed by atoms with Crippen molar-refractivity contribution < 1.29 is 4.79 Å². The maximum absolute atomic E-state index is 9.96. The fourth-order valence-corrected chi connectivity index (χ4v) is 0.925. The monoisotopic (exact) mass is 181 g/mol. The Hall–Kier alpha value is -1.15. The second kappa shape index (κ2) is 4.67. The van der Waals surface area contributed by atoms with Crippen molar-refractivity contribution in [3.05, 3.63) is 35.1 Å². The molecule has 0 radical (unpaired) electrons. The minimum absolute atomic E-state index is 0.411. The van der Waals surface area contributed by atoms with E-state index in [9.17, 15) is 4.79 Å². The SMILES string of the molecule is O=CCC=Cc1cc(Cl)ccn1. The zero-order chi connectivity index (χ0) is 8.81. The Morgan fingerprint density at radius 1 is 1.58 bits per heavy atom. The fourth-order valence-electron chi connectivity index (χ4n) is 0.757. The molecule has 0 aromatic carbocycles. The van der Waals surface area contributed by atoms with Crippen molar-refractivity contribution in [2.24, 2.45) is 0 Å². The van der Waals surface area contributed by atoms with Gasteiger partial charge in [0.15, 0.2) is 0 Å². The number of aromatic nitrogens is 1. The number of nitrogens with zero attached hydrogens (tertiary/aromatic N) is 1. The van der Waals surface area contributed by atoms with Crippen LogP contribution in [0.1, 0.15) is 12.1 Å². The van der Waals surface area contributed by atoms with Crippen LogP contribution in [0.5, 0.6) is 0 Å². The number of hydrogen-bond donors (Lipinski definition) is 0. The Morgan fingerprint density at radius 2 is 2.42 bits per heavy atom. The van der Waals surface area contributed by atoms with Gasteiger partial charge < -0.3 is 4.79 Å². The van der Waals surface area contributed by atoms with Gasteiger partial charge >= 0.3 is 0 Å². The molecule has 0 atom stereocenters. The van der Waals surface area contributed by atoms with Crippen molar-refractivity contribution in [3.8, 4) is 0 Å². The highest BCUT2D eigenvalue weighted by atomic mass is 35.5. The first-order valence-corrected chi connectivity index (χ1v) is 3.92. The van der Waals surface area contributed by atoms with Gasteiger partial charge in [-0.3, -0.25) is 4.98 Å². The molecule has 0 saturated heterocycles. The summed E-state index contributed by atoms with van der Waals surface area (Å²) in [5.41, 5.74) is 0.768. The average Bonchev–Trinajstić information content (AvgIpc) is 2.05. The van der Waals surface area contributed by atoms with E-state index >= 15 is 0 Å². The molecule has 0 aliphatic heterocycles. The second-order valence-electron chi connectivity index (χ2n) is 2.20. The largest absolute Gasteiger partial charge is 0.303 e. The topological polar surface area (TPSA) is 30.0 Å². The van der Waals surface area contributed by atoms with Gasteiger partial charge in [-0.05, 0) is 18.2 Å². The van der Waals surface area contributed by atoms with Crippen LogP contribution in [0, 0.1) is 0 Å². The van der Waals surface area contributed by atoms with Gasteiger partial charge in [0, 0.05) is 17.6 Å². The number of allylic oxidation sites excluding steroid dienone is 1. The van der Waals surface area contributed by atoms with E-state index in [0.717, 1.165) is 12.0 Å². The van der Waals surface area contributed by atoms with Crippen LogP contribution in [0.3, 0.4) is 0 Å². The molecule has 1 aromatic rings. The first kappa shape index (κ1) is 8.94. The zero-order valence-corrected chi connectivity index (χ0v) is 7.16. The predicted octanol–water partition coefficient (Wildman–Crippen LogP) is 2.34. The summed E-state index contributed by atoms with van der Waals surface area (Å²) in [5.74, 6) is 0.